The monoisotopic (exact) mass is 532 g/mol. The number of benzene rings is 1. The number of pyridine rings is 1. The average Bonchev–Trinajstić information content (AvgIpc) is 2.95. The van der Waals surface area contributed by atoms with Gasteiger partial charge in [-0.15, -0.1) is 0 Å². The van der Waals surface area contributed by atoms with Gasteiger partial charge in [-0.2, -0.15) is 0 Å². The number of anilines is 4. The number of carboxylic acid groups (broad SMARTS) is 1. The molecule has 206 valence electrons. The van der Waals surface area contributed by atoms with E-state index in [4.69, 9.17) is 24.5 Å². The van der Waals surface area contributed by atoms with Gasteiger partial charge in [0.25, 0.3) is 0 Å². The van der Waals surface area contributed by atoms with Crippen molar-refractivity contribution in [3.63, 3.8) is 0 Å². The number of rotatable bonds is 10. The molecule has 4 heterocycles. The molecule has 0 spiro atoms. The molecule has 10 heteroatoms. The molecule has 2 saturated heterocycles. The molecular formula is C29H36N6O4. The number of nitrogens with zero attached hydrogens (tertiary/aromatic N) is 5. The van der Waals surface area contributed by atoms with Crippen molar-refractivity contribution >= 4 is 29.2 Å². The van der Waals surface area contributed by atoms with Crippen molar-refractivity contribution in [1.82, 2.24) is 15.0 Å². The van der Waals surface area contributed by atoms with Gasteiger partial charge in [0.15, 0.2) is 17.3 Å². The van der Waals surface area contributed by atoms with Crippen LogP contribution in [0.3, 0.4) is 0 Å². The first-order valence-electron chi connectivity index (χ1n) is 13.7. The van der Waals surface area contributed by atoms with Gasteiger partial charge >= 0.3 is 5.97 Å². The molecular weight excluding hydrogens is 496 g/mol. The standard InChI is InChI=1S/C29H36N6O4/c1-2-38-23-8-3-4-9-24(23)39-22-7-6-14-35(20-22)28-19-30-18-26(33-28)31-25-10-5-11-27(32-25)34-15-12-21(13-16-34)17-29(36)37/h3-5,8-11,18-19,21-22H,2,6-7,12-17,20H2,1H3,(H,36,37)(H,31,32,33). The number of carbonyl (C=O) groups is 1. The zero-order valence-electron chi connectivity index (χ0n) is 22.3. The van der Waals surface area contributed by atoms with Crippen molar-refractivity contribution in [3.05, 3.63) is 54.9 Å². The zero-order valence-corrected chi connectivity index (χ0v) is 22.3. The topological polar surface area (TPSA) is 113 Å². The molecule has 0 radical (unpaired) electrons. The van der Waals surface area contributed by atoms with Gasteiger partial charge in [-0.25, -0.2) is 9.97 Å². The maximum absolute atomic E-state index is 11.0. The molecule has 1 atom stereocenters. The number of hydrogen-bond acceptors (Lipinski definition) is 9. The molecule has 0 aliphatic carbocycles. The Morgan fingerprint density at radius 3 is 2.54 bits per heavy atom. The van der Waals surface area contributed by atoms with E-state index in [9.17, 15) is 4.79 Å². The molecule has 2 aromatic heterocycles. The van der Waals surface area contributed by atoms with Gasteiger partial charge in [0.1, 0.15) is 23.6 Å². The fraction of sp³-hybridized carbons (Fsp3) is 0.448. The normalized spacial score (nSPS) is 18.0. The summed E-state index contributed by atoms with van der Waals surface area (Å²) in [7, 11) is 0. The summed E-state index contributed by atoms with van der Waals surface area (Å²) in [5.74, 6) is 4.04. The number of piperidine rings is 2. The molecule has 2 aliphatic heterocycles. The van der Waals surface area contributed by atoms with Gasteiger partial charge in [-0.1, -0.05) is 18.2 Å². The van der Waals surface area contributed by atoms with E-state index < -0.39 is 5.97 Å². The third kappa shape index (κ3) is 7.07. The first-order chi connectivity index (χ1) is 19.1. The number of hydrogen-bond donors (Lipinski definition) is 2. The molecule has 10 nitrogen and oxygen atoms in total. The Balaban J connectivity index is 1.21. The molecule has 1 aromatic carbocycles. The lowest BCUT2D eigenvalue weighted by Gasteiger charge is -2.34. The lowest BCUT2D eigenvalue weighted by atomic mass is 9.94. The fourth-order valence-corrected chi connectivity index (χ4v) is 5.23. The van der Waals surface area contributed by atoms with E-state index in [2.05, 4.69) is 20.1 Å². The highest BCUT2D eigenvalue weighted by atomic mass is 16.5. The SMILES string of the molecule is CCOc1ccccc1OC1CCCN(c2cncc(Nc3cccc(N4CCC(CC(=O)O)CC4)n3)n2)C1. The van der Waals surface area contributed by atoms with Crippen LogP contribution in [0.5, 0.6) is 11.5 Å². The van der Waals surface area contributed by atoms with Crippen molar-refractivity contribution in [2.75, 3.05) is 47.9 Å². The highest BCUT2D eigenvalue weighted by Gasteiger charge is 2.24. The van der Waals surface area contributed by atoms with E-state index in [0.29, 0.717) is 24.8 Å². The van der Waals surface area contributed by atoms with Crippen LogP contribution in [0.25, 0.3) is 0 Å². The second-order valence-electron chi connectivity index (χ2n) is 10.0. The molecule has 5 rings (SSSR count). The van der Waals surface area contributed by atoms with Crippen molar-refractivity contribution in [2.24, 2.45) is 5.92 Å². The average molecular weight is 533 g/mol. The molecule has 0 saturated carbocycles. The van der Waals surface area contributed by atoms with Crippen molar-refractivity contribution < 1.29 is 19.4 Å². The van der Waals surface area contributed by atoms with Crippen molar-refractivity contribution in [2.45, 2.75) is 45.1 Å². The zero-order chi connectivity index (χ0) is 27.0. The first-order valence-corrected chi connectivity index (χ1v) is 13.7. The number of para-hydroxylation sites is 2. The largest absolute Gasteiger partial charge is 0.490 e. The molecule has 0 bridgehead atoms. The fourth-order valence-electron chi connectivity index (χ4n) is 5.23. The summed E-state index contributed by atoms with van der Waals surface area (Å²) < 4.78 is 12.1. The Bertz CT molecular complexity index is 1250. The van der Waals surface area contributed by atoms with Crippen LogP contribution in [-0.2, 0) is 4.79 Å². The second kappa shape index (κ2) is 12.6. The van der Waals surface area contributed by atoms with Crippen molar-refractivity contribution in [3.8, 4) is 11.5 Å². The highest BCUT2D eigenvalue weighted by Crippen LogP contribution is 2.30. The Morgan fingerprint density at radius 1 is 0.949 bits per heavy atom. The van der Waals surface area contributed by atoms with E-state index in [1.807, 2.05) is 49.4 Å². The molecule has 2 N–H and O–H groups in total. The van der Waals surface area contributed by atoms with E-state index in [-0.39, 0.29) is 18.4 Å². The van der Waals surface area contributed by atoms with Gasteiger partial charge in [0.2, 0.25) is 0 Å². The third-order valence-corrected chi connectivity index (χ3v) is 7.16. The number of aromatic nitrogens is 3. The van der Waals surface area contributed by atoms with Gasteiger partial charge in [-0.05, 0) is 62.8 Å². The van der Waals surface area contributed by atoms with Gasteiger partial charge in [0.05, 0.1) is 25.5 Å². The van der Waals surface area contributed by atoms with Crippen LogP contribution >= 0.6 is 0 Å². The maximum Gasteiger partial charge on any atom is 0.303 e. The Hall–Kier alpha value is -4.08. The van der Waals surface area contributed by atoms with Crippen molar-refractivity contribution in [1.29, 1.82) is 0 Å². The summed E-state index contributed by atoms with van der Waals surface area (Å²) in [6.45, 7) is 5.77. The Labute approximate surface area is 229 Å². The summed E-state index contributed by atoms with van der Waals surface area (Å²) in [6, 6.07) is 13.7. The minimum Gasteiger partial charge on any atom is -0.490 e. The van der Waals surface area contributed by atoms with Crippen LogP contribution in [-0.4, -0.2) is 64.9 Å². The number of ether oxygens (including phenoxy) is 2. The van der Waals surface area contributed by atoms with E-state index >= 15 is 0 Å². The molecule has 3 aromatic rings. The van der Waals surface area contributed by atoms with E-state index in [1.165, 1.54) is 0 Å². The summed E-state index contributed by atoms with van der Waals surface area (Å²) in [5.41, 5.74) is 0. The maximum atomic E-state index is 11.0. The summed E-state index contributed by atoms with van der Waals surface area (Å²) in [5, 5.41) is 12.4. The van der Waals surface area contributed by atoms with Gasteiger partial charge in [-0.3, -0.25) is 9.78 Å². The van der Waals surface area contributed by atoms with Crippen LogP contribution in [0.4, 0.5) is 23.3 Å². The van der Waals surface area contributed by atoms with Crippen LogP contribution in [0.1, 0.15) is 39.0 Å². The summed E-state index contributed by atoms with van der Waals surface area (Å²) >= 11 is 0. The minimum absolute atomic E-state index is 0.0248. The number of aliphatic carboxylic acids is 1. The number of nitrogens with one attached hydrogen (secondary N) is 1. The third-order valence-electron chi connectivity index (χ3n) is 7.16. The smallest absolute Gasteiger partial charge is 0.303 e. The van der Waals surface area contributed by atoms with Gasteiger partial charge in [0, 0.05) is 26.1 Å². The highest BCUT2D eigenvalue weighted by molar-refractivity contribution is 5.67. The number of carboxylic acids is 1. The minimum atomic E-state index is -0.722. The predicted octanol–water partition coefficient (Wildman–Crippen LogP) is 4.75. The van der Waals surface area contributed by atoms with Crippen LogP contribution in [0, 0.1) is 5.92 Å². The Kier molecular flexibility index (Phi) is 8.60. The molecule has 39 heavy (non-hydrogen) atoms. The van der Waals surface area contributed by atoms with E-state index in [1.54, 1.807) is 12.4 Å². The quantitative estimate of drug-likeness (QED) is 0.379. The lowest BCUT2D eigenvalue weighted by molar-refractivity contribution is -0.138. The molecule has 0 amide bonds. The second-order valence-corrected chi connectivity index (χ2v) is 10.0. The predicted molar refractivity (Wildman–Crippen MR) is 150 cm³/mol. The summed E-state index contributed by atoms with van der Waals surface area (Å²) in [4.78, 5) is 29.5. The van der Waals surface area contributed by atoms with Gasteiger partial charge < -0.3 is 29.7 Å². The summed E-state index contributed by atoms with van der Waals surface area (Å²) in [6.07, 6.45) is 7.42. The molecule has 2 aliphatic rings. The van der Waals surface area contributed by atoms with Crippen LogP contribution in [0.2, 0.25) is 0 Å². The van der Waals surface area contributed by atoms with Crippen LogP contribution < -0.4 is 24.6 Å². The Morgan fingerprint density at radius 2 is 1.74 bits per heavy atom. The molecule has 2 fully saturated rings. The molecule has 1 unspecified atom stereocenters. The van der Waals surface area contributed by atoms with E-state index in [0.717, 1.165) is 68.5 Å². The lowest BCUT2D eigenvalue weighted by Crippen LogP contribution is -2.41. The van der Waals surface area contributed by atoms with Crippen LogP contribution in [0.15, 0.2) is 54.9 Å². The first kappa shape index (κ1) is 26.5.